The quantitative estimate of drug-likeness (QED) is 0.807. The Morgan fingerprint density at radius 3 is 2.39 bits per heavy atom. The molecule has 2 aliphatic heterocycles. The third kappa shape index (κ3) is 3.74. The van der Waals surface area contributed by atoms with Crippen LogP contribution in [0.15, 0.2) is 48.5 Å². The van der Waals surface area contributed by atoms with Crippen molar-refractivity contribution in [2.24, 2.45) is 0 Å². The maximum Gasteiger partial charge on any atom is 0.260 e. The van der Waals surface area contributed by atoms with Crippen molar-refractivity contribution in [3.63, 3.8) is 0 Å². The van der Waals surface area contributed by atoms with Gasteiger partial charge >= 0.3 is 0 Å². The van der Waals surface area contributed by atoms with Gasteiger partial charge in [-0.05, 0) is 68.4 Å². The van der Waals surface area contributed by atoms with Crippen LogP contribution in [0.2, 0.25) is 0 Å². The highest BCUT2D eigenvalue weighted by atomic mass is 19.1. The lowest BCUT2D eigenvalue weighted by Gasteiger charge is -2.39. The highest BCUT2D eigenvalue weighted by molar-refractivity contribution is 5.79. The number of hydrogen-bond acceptors (Lipinski definition) is 3. The summed E-state index contributed by atoms with van der Waals surface area (Å²) >= 11 is 0. The number of fused-ring (bicyclic) bond motifs is 1. The van der Waals surface area contributed by atoms with Gasteiger partial charge in [0, 0.05) is 24.5 Å². The first kappa shape index (κ1) is 18.9. The number of rotatable bonds is 4. The Hall–Kier alpha value is -2.47. The molecule has 2 aromatic carbocycles. The molecule has 1 amide bonds. The Balaban J connectivity index is 1.50. The van der Waals surface area contributed by atoms with E-state index in [4.69, 9.17) is 4.74 Å². The van der Waals surface area contributed by atoms with E-state index in [1.807, 2.05) is 17.0 Å². The fourth-order valence-corrected chi connectivity index (χ4v) is 4.59. The van der Waals surface area contributed by atoms with Crippen molar-refractivity contribution in [2.75, 3.05) is 26.7 Å². The van der Waals surface area contributed by atoms with Crippen molar-refractivity contribution in [1.29, 1.82) is 0 Å². The molecule has 0 aromatic heterocycles. The number of amides is 1. The summed E-state index contributed by atoms with van der Waals surface area (Å²) in [4.78, 5) is 17.2. The molecule has 0 bridgehead atoms. The van der Waals surface area contributed by atoms with E-state index in [1.54, 1.807) is 0 Å². The molecule has 2 saturated heterocycles. The van der Waals surface area contributed by atoms with Crippen LogP contribution >= 0.6 is 0 Å². The van der Waals surface area contributed by atoms with Gasteiger partial charge in [-0.2, -0.15) is 0 Å². The number of likely N-dealkylation sites (N-methyl/N-ethyl adjacent to an activating group) is 1. The molecular formula is C22H24F2N2O2. The average Bonchev–Trinajstić information content (AvgIpc) is 3.09. The SMILES string of the molecule is CN1CCC[C@@H]2[C@H]1[C@@H](c1ccc(F)cc1)CN2C(=O)COc1ccc(F)cc1. The van der Waals surface area contributed by atoms with Gasteiger partial charge in [0.15, 0.2) is 6.61 Å². The van der Waals surface area contributed by atoms with E-state index in [-0.39, 0.29) is 42.2 Å². The van der Waals surface area contributed by atoms with E-state index < -0.39 is 0 Å². The smallest absolute Gasteiger partial charge is 0.260 e. The highest BCUT2D eigenvalue weighted by Crippen LogP contribution is 2.39. The molecule has 0 aliphatic carbocycles. The second-order valence-corrected chi connectivity index (χ2v) is 7.63. The monoisotopic (exact) mass is 386 g/mol. The molecule has 0 saturated carbocycles. The summed E-state index contributed by atoms with van der Waals surface area (Å²) < 4.78 is 32.0. The van der Waals surface area contributed by atoms with Crippen molar-refractivity contribution in [3.05, 3.63) is 65.7 Å². The maximum absolute atomic E-state index is 13.4. The van der Waals surface area contributed by atoms with Gasteiger partial charge in [-0.15, -0.1) is 0 Å². The zero-order chi connectivity index (χ0) is 19.7. The predicted octanol–water partition coefficient (Wildman–Crippen LogP) is 3.43. The molecule has 28 heavy (non-hydrogen) atoms. The number of ether oxygens (including phenoxy) is 1. The molecule has 148 valence electrons. The number of halogens is 2. The van der Waals surface area contributed by atoms with Gasteiger partial charge in [0.05, 0.1) is 0 Å². The Bertz CT molecular complexity index is 825. The molecular weight excluding hydrogens is 362 g/mol. The third-order valence-electron chi connectivity index (χ3n) is 5.91. The Labute approximate surface area is 163 Å². The summed E-state index contributed by atoms with van der Waals surface area (Å²) in [6.07, 6.45) is 1.99. The van der Waals surface area contributed by atoms with E-state index >= 15 is 0 Å². The van der Waals surface area contributed by atoms with Crippen molar-refractivity contribution >= 4 is 5.91 Å². The molecule has 0 radical (unpaired) electrons. The number of piperidine rings is 1. The molecule has 2 heterocycles. The number of nitrogens with zero attached hydrogens (tertiary/aromatic N) is 2. The van der Waals surface area contributed by atoms with Crippen molar-refractivity contribution in [1.82, 2.24) is 9.80 Å². The minimum atomic E-state index is -0.339. The fraction of sp³-hybridized carbons (Fsp3) is 0.409. The zero-order valence-electron chi connectivity index (χ0n) is 15.9. The molecule has 0 unspecified atom stereocenters. The van der Waals surface area contributed by atoms with Crippen LogP contribution in [-0.4, -0.2) is 54.5 Å². The average molecular weight is 386 g/mol. The summed E-state index contributed by atoms with van der Waals surface area (Å²) in [5, 5.41) is 0. The largest absolute Gasteiger partial charge is 0.484 e. The zero-order valence-corrected chi connectivity index (χ0v) is 15.9. The lowest BCUT2D eigenvalue weighted by molar-refractivity contribution is -0.135. The third-order valence-corrected chi connectivity index (χ3v) is 5.91. The van der Waals surface area contributed by atoms with E-state index in [2.05, 4.69) is 11.9 Å². The number of benzene rings is 2. The van der Waals surface area contributed by atoms with Crippen LogP contribution in [0.3, 0.4) is 0 Å². The van der Waals surface area contributed by atoms with Gasteiger partial charge in [0.1, 0.15) is 17.4 Å². The Morgan fingerprint density at radius 1 is 1.07 bits per heavy atom. The molecule has 3 atom stereocenters. The maximum atomic E-state index is 13.4. The molecule has 4 rings (SSSR count). The summed E-state index contributed by atoms with van der Waals surface area (Å²) in [5.41, 5.74) is 1.06. The molecule has 2 aromatic rings. The first-order valence-corrected chi connectivity index (χ1v) is 9.66. The summed E-state index contributed by atoms with van der Waals surface area (Å²) in [6, 6.07) is 12.6. The van der Waals surface area contributed by atoms with Crippen LogP contribution in [0.25, 0.3) is 0 Å². The number of carbonyl (C=O) groups excluding carboxylic acids is 1. The summed E-state index contributed by atoms with van der Waals surface area (Å²) in [7, 11) is 2.09. The number of hydrogen-bond donors (Lipinski definition) is 0. The standard InChI is InChI=1S/C22H24F2N2O2/c1-25-12-2-3-20-22(25)19(15-4-6-16(23)7-5-15)13-26(20)21(27)14-28-18-10-8-17(24)9-11-18/h4-11,19-20,22H,2-3,12-14H2,1H3/t19-,20-,22-/m1/s1. The topological polar surface area (TPSA) is 32.8 Å². The first-order valence-electron chi connectivity index (χ1n) is 9.66. The summed E-state index contributed by atoms with van der Waals surface area (Å²) in [5.74, 6) is -0.0457. The van der Waals surface area contributed by atoms with E-state index in [0.717, 1.165) is 24.9 Å². The summed E-state index contributed by atoms with van der Waals surface area (Å²) in [6.45, 7) is 1.51. The van der Waals surface area contributed by atoms with Crippen LogP contribution in [0, 0.1) is 11.6 Å². The van der Waals surface area contributed by atoms with Gasteiger partial charge < -0.3 is 14.5 Å². The Morgan fingerprint density at radius 2 is 1.71 bits per heavy atom. The van der Waals surface area contributed by atoms with Gasteiger partial charge in [-0.1, -0.05) is 12.1 Å². The Kier molecular flexibility index (Phi) is 5.31. The van der Waals surface area contributed by atoms with Gasteiger partial charge in [0.2, 0.25) is 0 Å². The normalized spacial score (nSPS) is 24.8. The molecule has 6 heteroatoms. The van der Waals surface area contributed by atoms with Crippen LogP contribution in [0.5, 0.6) is 5.75 Å². The van der Waals surface area contributed by atoms with Crippen molar-refractivity contribution < 1.29 is 18.3 Å². The van der Waals surface area contributed by atoms with E-state index in [0.29, 0.717) is 12.3 Å². The second-order valence-electron chi connectivity index (χ2n) is 7.63. The van der Waals surface area contributed by atoms with Crippen LogP contribution in [0.1, 0.15) is 24.3 Å². The number of carbonyl (C=O) groups is 1. The van der Waals surface area contributed by atoms with Gasteiger partial charge in [-0.25, -0.2) is 8.78 Å². The first-order chi connectivity index (χ1) is 13.5. The second kappa shape index (κ2) is 7.87. The molecule has 0 spiro atoms. The van der Waals surface area contributed by atoms with Crippen molar-refractivity contribution in [2.45, 2.75) is 30.8 Å². The fourth-order valence-electron chi connectivity index (χ4n) is 4.59. The minimum Gasteiger partial charge on any atom is -0.484 e. The van der Waals surface area contributed by atoms with Gasteiger partial charge in [-0.3, -0.25) is 4.79 Å². The van der Waals surface area contributed by atoms with Crippen LogP contribution in [0.4, 0.5) is 8.78 Å². The van der Waals surface area contributed by atoms with Gasteiger partial charge in [0.25, 0.3) is 5.91 Å². The lowest BCUT2D eigenvalue weighted by atomic mass is 9.86. The molecule has 0 N–H and O–H groups in total. The molecule has 4 nitrogen and oxygen atoms in total. The predicted molar refractivity (Wildman–Crippen MR) is 102 cm³/mol. The lowest BCUT2D eigenvalue weighted by Crippen LogP contribution is -2.51. The molecule has 2 aliphatic rings. The number of likely N-dealkylation sites (tertiary alicyclic amines) is 2. The van der Waals surface area contributed by atoms with E-state index in [9.17, 15) is 13.6 Å². The van der Waals surface area contributed by atoms with Crippen LogP contribution in [-0.2, 0) is 4.79 Å². The van der Waals surface area contributed by atoms with E-state index in [1.165, 1.54) is 36.4 Å². The van der Waals surface area contributed by atoms with Crippen molar-refractivity contribution in [3.8, 4) is 5.75 Å². The molecule has 2 fully saturated rings. The highest BCUT2D eigenvalue weighted by Gasteiger charge is 2.47. The van der Waals surface area contributed by atoms with Crippen LogP contribution < -0.4 is 4.74 Å². The minimum absolute atomic E-state index is 0.0702.